The minimum atomic E-state index is -0.596. The summed E-state index contributed by atoms with van der Waals surface area (Å²) in [6, 6.07) is 13.3. The minimum Gasteiger partial charge on any atom is -0.355 e. The van der Waals surface area contributed by atoms with Gasteiger partial charge in [0, 0.05) is 35.4 Å². The van der Waals surface area contributed by atoms with Crippen molar-refractivity contribution in [2.75, 3.05) is 12.3 Å². The van der Waals surface area contributed by atoms with Gasteiger partial charge in [-0.25, -0.2) is 0 Å². The van der Waals surface area contributed by atoms with Gasteiger partial charge in [0.15, 0.2) is 0 Å². The Morgan fingerprint density at radius 2 is 1.73 bits per heavy atom. The molecule has 0 spiro atoms. The number of rotatable bonds is 10. The van der Waals surface area contributed by atoms with Crippen LogP contribution in [0.5, 0.6) is 0 Å². The largest absolute Gasteiger partial charge is 0.355 e. The van der Waals surface area contributed by atoms with Crippen LogP contribution in [0.4, 0.5) is 5.69 Å². The van der Waals surface area contributed by atoms with E-state index in [1.807, 2.05) is 31.2 Å². The number of benzene rings is 2. The number of thioether (sulfide) groups is 1. The maximum absolute atomic E-state index is 12.9. The third-order valence-electron chi connectivity index (χ3n) is 4.43. The Hall–Kier alpha value is -2.39. The van der Waals surface area contributed by atoms with Crippen LogP contribution in [0, 0.1) is 10.1 Å². The van der Waals surface area contributed by atoms with Gasteiger partial charge in [-0.05, 0) is 37.1 Å². The molecule has 2 rings (SSSR count). The van der Waals surface area contributed by atoms with Gasteiger partial charge in [-0.1, -0.05) is 40.2 Å². The highest BCUT2D eigenvalue weighted by molar-refractivity contribution is 9.10. The highest BCUT2D eigenvalue weighted by Gasteiger charge is 2.25. The first-order valence-corrected chi connectivity index (χ1v) is 11.4. The predicted octanol–water partition coefficient (Wildman–Crippen LogP) is 4.14. The molecule has 30 heavy (non-hydrogen) atoms. The second-order valence-electron chi connectivity index (χ2n) is 6.64. The van der Waals surface area contributed by atoms with Crippen molar-refractivity contribution in [3.05, 3.63) is 74.2 Å². The molecule has 0 bridgehead atoms. The van der Waals surface area contributed by atoms with E-state index in [9.17, 15) is 19.7 Å². The van der Waals surface area contributed by atoms with E-state index in [4.69, 9.17) is 0 Å². The Morgan fingerprint density at radius 1 is 1.13 bits per heavy atom. The molecule has 2 aromatic rings. The Labute approximate surface area is 188 Å². The van der Waals surface area contributed by atoms with Crippen LogP contribution in [0.2, 0.25) is 0 Å². The summed E-state index contributed by atoms with van der Waals surface area (Å²) >= 11 is 4.81. The van der Waals surface area contributed by atoms with Crippen molar-refractivity contribution >= 4 is 45.2 Å². The van der Waals surface area contributed by atoms with Crippen molar-refractivity contribution < 1.29 is 14.5 Å². The molecule has 1 N–H and O–H groups in total. The highest BCUT2D eigenvalue weighted by atomic mass is 79.9. The summed E-state index contributed by atoms with van der Waals surface area (Å²) in [5, 5.41) is 13.5. The lowest BCUT2D eigenvalue weighted by Gasteiger charge is -2.28. The molecule has 9 heteroatoms. The fourth-order valence-corrected chi connectivity index (χ4v) is 3.88. The van der Waals surface area contributed by atoms with Gasteiger partial charge in [0.1, 0.15) is 6.04 Å². The van der Waals surface area contributed by atoms with Crippen LogP contribution in [0.25, 0.3) is 0 Å². The number of carbonyl (C=O) groups is 2. The van der Waals surface area contributed by atoms with E-state index in [1.165, 1.54) is 23.9 Å². The second-order valence-corrected chi connectivity index (χ2v) is 8.54. The molecule has 0 fully saturated rings. The summed E-state index contributed by atoms with van der Waals surface area (Å²) in [6.07, 6.45) is 0. The highest BCUT2D eigenvalue weighted by Crippen LogP contribution is 2.19. The summed E-state index contributed by atoms with van der Waals surface area (Å²) in [7, 11) is 0. The van der Waals surface area contributed by atoms with Crippen LogP contribution in [0.1, 0.15) is 25.0 Å². The number of nitro benzene ring substituents is 1. The minimum absolute atomic E-state index is 0.0382. The molecule has 0 aliphatic heterocycles. The summed E-state index contributed by atoms with van der Waals surface area (Å²) in [5.41, 5.74) is 1.87. The summed E-state index contributed by atoms with van der Waals surface area (Å²) in [4.78, 5) is 37.1. The van der Waals surface area contributed by atoms with Crippen molar-refractivity contribution in [2.45, 2.75) is 32.2 Å². The third kappa shape index (κ3) is 7.14. The van der Waals surface area contributed by atoms with E-state index in [0.717, 1.165) is 15.6 Å². The van der Waals surface area contributed by atoms with Gasteiger partial charge in [-0.2, -0.15) is 0 Å². The Morgan fingerprint density at radius 3 is 2.30 bits per heavy atom. The van der Waals surface area contributed by atoms with Crippen LogP contribution in [0.15, 0.2) is 53.0 Å². The number of halogens is 1. The van der Waals surface area contributed by atoms with E-state index in [2.05, 4.69) is 21.2 Å². The van der Waals surface area contributed by atoms with Gasteiger partial charge < -0.3 is 10.2 Å². The van der Waals surface area contributed by atoms with Crippen LogP contribution in [0.3, 0.4) is 0 Å². The standard InChI is InChI=1S/C21H24BrN3O4S/c1-3-23-21(27)15(2)24(12-16-4-8-18(22)9-5-16)20(26)14-30-13-17-6-10-19(11-7-17)25(28)29/h4-11,15H,3,12-14H2,1-2H3,(H,23,27). The molecule has 2 aromatic carbocycles. The van der Waals surface area contributed by atoms with Gasteiger partial charge in [0.25, 0.3) is 5.69 Å². The lowest BCUT2D eigenvalue weighted by molar-refractivity contribution is -0.384. The smallest absolute Gasteiger partial charge is 0.269 e. The predicted molar refractivity (Wildman–Crippen MR) is 122 cm³/mol. The van der Waals surface area contributed by atoms with Gasteiger partial charge in [-0.3, -0.25) is 19.7 Å². The Kier molecular flexibility index (Phi) is 9.32. The van der Waals surface area contributed by atoms with Crippen LogP contribution in [-0.4, -0.2) is 40.0 Å². The van der Waals surface area contributed by atoms with Gasteiger partial charge in [0.05, 0.1) is 10.7 Å². The molecule has 0 aliphatic carbocycles. The number of amides is 2. The fourth-order valence-electron chi connectivity index (χ4n) is 2.74. The number of likely N-dealkylation sites (N-methyl/N-ethyl adjacent to an activating group) is 1. The fraction of sp³-hybridized carbons (Fsp3) is 0.333. The first kappa shape index (κ1) is 23.9. The summed E-state index contributed by atoms with van der Waals surface area (Å²) < 4.78 is 0.944. The van der Waals surface area contributed by atoms with Crippen LogP contribution >= 0.6 is 27.7 Å². The lowest BCUT2D eigenvalue weighted by Crippen LogP contribution is -2.48. The third-order valence-corrected chi connectivity index (χ3v) is 5.94. The number of hydrogen-bond donors (Lipinski definition) is 1. The molecule has 0 saturated heterocycles. The van der Waals surface area contributed by atoms with Crippen molar-refractivity contribution in [1.82, 2.24) is 10.2 Å². The van der Waals surface area contributed by atoms with Crippen LogP contribution in [-0.2, 0) is 21.9 Å². The second kappa shape index (κ2) is 11.7. The van der Waals surface area contributed by atoms with E-state index < -0.39 is 11.0 Å². The molecule has 0 aliphatic rings. The van der Waals surface area contributed by atoms with E-state index in [1.54, 1.807) is 24.0 Å². The van der Waals surface area contributed by atoms with E-state index in [0.29, 0.717) is 18.8 Å². The molecule has 1 atom stereocenters. The quantitative estimate of drug-likeness (QED) is 0.396. The number of nitrogens with one attached hydrogen (secondary N) is 1. The van der Waals surface area contributed by atoms with E-state index >= 15 is 0 Å². The molecule has 0 saturated carbocycles. The number of carbonyl (C=O) groups excluding carboxylic acids is 2. The van der Waals surface area contributed by atoms with E-state index in [-0.39, 0.29) is 23.3 Å². The maximum Gasteiger partial charge on any atom is 0.269 e. The topological polar surface area (TPSA) is 92.6 Å². The van der Waals surface area contributed by atoms with Crippen molar-refractivity contribution in [2.24, 2.45) is 0 Å². The molecule has 0 aromatic heterocycles. The average Bonchev–Trinajstić information content (AvgIpc) is 2.73. The molecular formula is C21H24BrN3O4S. The summed E-state index contributed by atoms with van der Waals surface area (Å²) in [5.74, 6) is 0.426. The number of nitrogens with zero attached hydrogens (tertiary/aromatic N) is 2. The first-order valence-electron chi connectivity index (χ1n) is 9.44. The average molecular weight is 494 g/mol. The van der Waals surface area contributed by atoms with Gasteiger partial charge in [0.2, 0.25) is 11.8 Å². The van der Waals surface area contributed by atoms with Crippen LogP contribution < -0.4 is 5.32 Å². The lowest BCUT2D eigenvalue weighted by atomic mass is 10.1. The maximum atomic E-state index is 12.9. The number of non-ortho nitro benzene ring substituents is 1. The molecule has 160 valence electrons. The zero-order chi connectivity index (χ0) is 22.1. The van der Waals surface area contributed by atoms with Crippen molar-refractivity contribution in [3.63, 3.8) is 0 Å². The molecule has 1 unspecified atom stereocenters. The molecule has 0 heterocycles. The molecule has 2 amide bonds. The molecule has 0 radical (unpaired) electrons. The van der Waals surface area contributed by atoms with Gasteiger partial charge in [-0.15, -0.1) is 11.8 Å². The van der Waals surface area contributed by atoms with Gasteiger partial charge >= 0.3 is 0 Å². The zero-order valence-electron chi connectivity index (χ0n) is 16.8. The summed E-state index contributed by atoms with van der Waals surface area (Å²) in [6.45, 7) is 4.40. The van der Waals surface area contributed by atoms with Crippen molar-refractivity contribution in [1.29, 1.82) is 0 Å². The number of hydrogen-bond acceptors (Lipinski definition) is 5. The normalized spacial score (nSPS) is 11.6. The van der Waals surface area contributed by atoms with Crippen molar-refractivity contribution in [3.8, 4) is 0 Å². The molecular weight excluding hydrogens is 470 g/mol. The Bertz CT molecular complexity index is 875. The Balaban J connectivity index is 2.02. The number of nitro groups is 1. The monoisotopic (exact) mass is 493 g/mol. The molecule has 7 nitrogen and oxygen atoms in total. The SMILES string of the molecule is CCNC(=O)C(C)N(Cc1ccc(Br)cc1)C(=O)CSCc1ccc([N+](=O)[O-])cc1. The zero-order valence-corrected chi connectivity index (χ0v) is 19.2. The first-order chi connectivity index (χ1) is 14.3.